The summed E-state index contributed by atoms with van der Waals surface area (Å²) in [5.41, 5.74) is 2.82. The van der Waals surface area contributed by atoms with Crippen molar-refractivity contribution in [3.8, 4) is 11.1 Å². The van der Waals surface area contributed by atoms with Gasteiger partial charge in [0.15, 0.2) is 0 Å². The summed E-state index contributed by atoms with van der Waals surface area (Å²) in [6.45, 7) is 6.00. The molecule has 0 saturated heterocycles. The highest BCUT2D eigenvalue weighted by Crippen LogP contribution is 2.38. The maximum Gasteiger partial charge on any atom is 0.253 e. The number of fused-ring (bicyclic) bond motifs is 1. The van der Waals surface area contributed by atoms with Gasteiger partial charge in [-0.05, 0) is 34.9 Å². The molecule has 2 aliphatic rings. The number of halogens is 1. The van der Waals surface area contributed by atoms with Crippen molar-refractivity contribution in [3.05, 3.63) is 36.9 Å². The third kappa shape index (κ3) is 1.33. The Morgan fingerprint density at radius 1 is 1.36 bits per heavy atom. The molecule has 0 aromatic carbocycles. The number of carbonyl (C=O) groups excluding carboxylic acids is 1. The topological polar surface area (TPSA) is 17.1 Å². The van der Waals surface area contributed by atoms with E-state index in [1.807, 2.05) is 12.1 Å². The summed E-state index contributed by atoms with van der Waals surface area (Å²) in [7, 11) is 0. The van der Waals surface area contributed by atoms with Crippen LogP contribution in [0.2, 0.25) is 0 Å². The molecule has 0 N–H and O–H groups in total. The van der Waals surface area contributed by atoms with Crippen molar-refractivity contribution in [2.24, 2.45) is 0 Å². The molecule has 2 heteroatoms. The first kappa shape index (κ1) is 8.02. The van der Waals surface area contributed by atoms with E-state index in [-0.39, 0.29) is 5.24 Å². The molecule has 1 nitrogen and oxygen atoms in total. The molecular weight excluding hydrogens is 160 g/mol. The van der Waals surface area contributed by atoms with Crippen molar-refractivity contribution in [2.75, 3.05) is 0 Å². The summed E-state index contributed by atoms with van der Waals surface area (Å²) in [6, 6.07) is 5.58. The Bertz CT molecular complexity index is 304. The SMILES string of the molecule is C=C.O=C(Cl)c1ccc2cc1-2. The fourth-order valence-electron chi connectivity index (χ4n) is 0.925. The Kier molecular flexibility index (Phi) is 2.11. The van der Waals surface area contributed by atoms with Crippen molar-refractivity contribution in [1.82, 2.24) is 0 Å². The summed E-state index contributed by atoms with van der Waals surface area (Å²) >= 11 is 5.22. The molecule has 0 unspecified atom stereocenters. The van der Waals surface area contributed by atoms with Crippen LogP contribution in [0.1, 0.15) is 10.4 Å². The molecule has 0 aromatic rings. The Balaban J connectivity index is 0.000000281. The minimum atomic E-state index is -0.356. The predicted molar refractivity (Wildman–Crippen MR) is 46.9 cm³/mol. The van der Waals surface area contributed by atoms with Crippen molar-refractivity contribution in [3.63, 3.8) is 0 Å². The third-order valence-electron chi connectivity index (χ3n) is 1.46. The fourth-order valence-corrected chi connectivity index (χ4v) is 1.09. The second-order valence-corrected chi connectivity index (χ2v) is 2.38. The Morgan fingerprint density at radius 2 is 2.00 bits per heavy atom. The second kappa shape index (κ2) is 2.89. The summed E-state index contributed by atoms with van der Waals surface area (Å²) in [4.78, 5) is 10.5. The number of carbonyl (C=O) groups is 1. The van der Waals surface area contributed by atoms with Gasteiger partial charge in [-0.15, -0.1) is 13.2 Å². The first-order valence-electron chi connectivity index (χ1n) is 3.13. The van der Waals surface area contributed by atoms with Gasteiger partial charge in [-0.1, -0.05) is 6.07 Å². The molecule has 0 radical (unpaired) electrons. The molecule has 2 aliphatic carbocycles. The Hall–Kier alpha value is -1.08. The molecule has 0 spiro atoms. The van der Waals surface area contributed by atoms with E-state index in [1.54, 1.807) is 6.07 Å². The van der Waals surface area contributed by atoms with E-state index in [9.17, 15) is 4.79 Å². The van der Waals surface area contributed by atoms with Crippen LogP contribution in [0.25, 0.3) is 11.1 Å². The number of hydrogen-bond donors (Lipinski definition) is 0. The van der Waals surface area contributed by atoms with Crippen molar-refractivity contribution in [1.29, 1.82) is 0 Å². The average Bonchev–Trinajstić information content (AvgIpc) is 2.66. The van der Waals surface area contributed by atoms with Crippen LogP contribution < -0.4 is 0 Å². The first-order valence-corrected chi connectivity index (χ1v) is 3.51. The molecule has 56 valence electrons. The van der Waals surface area contributed by atoms with Crippen LogP contribution in [0.5, 0.6) is 0 Å². The molecule has 0 fully saturated rings. The lowest BCUT2D eigenvalue weighted by Gasteiger charge is -1.80. The van der Waals surface area contributed by atoms with Crippen LogP contribution in [-0.2, 0) is 0 Å². The van der Waals surface area contributed by atoms with Gasteiger partial charge in [-0.3, -0.25) is 4.79 Å². The smallest absolute Gasteiger partial charge is 0.253 e. The summed E-state index contributed by atoms with van der Waals surface area (Å²) in [5, 5.41) is -0.356. The van der Waals surface area contributed by atoms with Crippen LogP contribution in [0, 0.1) is 0 Å². The molecule has 0 bridgehead atoms. The normalized spacial score (nSPS) is 9.55. The number of hydrogen-bond acceptors (Lipinski definition) is 1. The third-order valence-corrected chi connectivity index (χ3v) is 1.66. The van der Waals surface area contributed by atoms with Gasteiger partial charge in [0.05, 0.1) is 0 Å². The van der Waals surface area contributed by atoms with Crippen LogP contribution in [0.4, 0.5) is 0 Å². The van der Waals surface area contributed by atoms with Crippen molar-refractivity contribution in [2.45, 2.75) is 0 Å². The standard InChI is InChI=1S/C7H3ClO.C2H4/c8-7(9)5-2-1-4-3-6(4)5;1-2/h1-3H;1-2H2. The molecule has 0 aliphatic heterocycles. The maximum atomic E-state index is 10.5. The predicted octanol–water partition coefficient (Wildman–Crippen LogP) is 2.85. The van der Waals surface area contributed by atoms with Gasteiger partial charge >= 0.3 is 0 Å². The Labute approximate surface area is 70.3 Å². The molecular formula is C9H7ClO. The molecule has 0 atom stereocenters. The lowest BCUT2D eigenvalue weighted by atomic mass is 10.3. The van der Waals surface area contributed by atoms with Gasteiger partial charge in [-0.2, -0.15) is 0 Å². The first-order chi connectivity index (χ1) is 5.29. The van der Waals surface area contributed by atoms with E-state index in [0.717, 1.165) is 11.1 Å². The van der Waals surface area contributed by atoms with Gasteiger partial charge in [0.25, 0.3) is 5.24 Å². The molecule has 0 aromatic heterocycles. The second-order valence-electron chi connectivity index (χ2n) is 2.03. The van der Waals surface area contributed by atoms with Crippen LogP contribution >= 0.6 is 11.6 Å². The van der Waals surface area contributed by atoms with E-state index in [2.05, 4.69) is 13.2 Å². The quantitative estimate of drug-likeness (QED) is 0.470. The monoisotopic (exact) mass is 166 g/mol. The minimum absolute atomic E-state index is 0.356. The van der Waals surface area contributed by atoms with Gasteiger partial charge in [0.1, 0.15) is 0 Å². The summed E-state index contributed by atoms with van der Waals surface area (Å²) < 4.78 is 0. The molecule has 2 rings (SSSR count). The van der Waals surface area contributed by atoms with Gasteiger partial charge < -0.3 is 0 Å². The summed E-state index contributed by atoms with van der Waals surface area (Å²) in [6.07, 6.45) is 0. The highest BCUT2D eigenvalue weighted by molar-refractivity contribution is 6.68. The van der Waals surface area contributed by atoms with Crippen LogP contribution in [0.3, 0.4) is 0 Å². The van der Waals surface area contributed by atoms with E-state index in [0.29, 0.717) is 5.56 Å². The van der Waals surface area contributed by atoms with Crippen molar-refractivity contribution >= 4 is 16.8 Å². The average molecular weight is 167 g/mol. The van der Waals surface area contributed by atoms with E-state index in [1.165, 1.54) is 0 Å². The highest BCUT2D eigenvalue weighted by atomic mass is 35.5. The van der Waals surface area contributed by atoms with Gasteiger partial charge in [0, 0.05) is 5.56 Å². The lowest BCUT2D eigenvalue weighted by molar-refractivity contribution is 0.108. The maximum absolute atomic E-state index is 10.5. The lowest BCUT2D eigenvalue weighted by Crippen LogP contribution is -1.81. The van der Waals surface area contributed by atoms with E-state index < -0.39 is 0 Å². The zero-order chi connectivity index (χ0) is 8.43. The number of benzene rings is 1. The van der Waals surface area contributed by atoms with Gasteiger partial charge in [0.2, 0.25) is 0 Å². The molecule has 11 heavy (non-hydrogen) atoms. The molecule has 0 saturated carbocycles. The van der Waals surface area contributed by atoms with Crippen LogP contribution in [-0.4, -0.2) is 5.24 Å². The van der Waals surface area contributed by atoms with E-state index >= 15 is 0 Å². The zero-order valence-corrected chi connectivity index (χ0v) is 6.69. The Morgan fingerprint density at radius 3 is 2.18 bits per heavy atom. The van der Waals surface area contributed by atoms with Crippen molar-refractivity contribution < 1.29 is 4.79 Å². The van der Waals surface area contributed by atoms with Crippen LogP contribution in [0.15, 0.2) is 31.4 Å². The minimum Gasteiger partial charge on any atom is -0.276 e. The zero-order valence-electron chi connectivity index (χ0n) is 5.93. The molecule has 0 amide bonds. The summed E-state index contributed by atoms with van der Waals surface area (Å²) in [5.74, 6) is 0. The fraction of sp³-hybridized carbons (Fsp3) is 0. The number of rotatable bonds is 1. The largest absolute Gasteiger partial charge is 0.276 e. The molecule has 0 heterocycles. The van der Waals surface area contributed by atoms with E-state index in [4.69, 9.17) is 11.6 Å². The van der Waals surface area contributed by atoms with Gasteiger partial charge in [-0.25, -0.2) is 0 Å². The highest BCUT2D eigenvalue weighted by Gasteiger charge is 2.20.